The van der Waals surface area contributed by atoms with Gasteiger partial charge in [-0.25, -0.2) is 4.79 Å². The van der Waals surface area contributed by atoms with Gasteiger partial charge in [-0.2, -0.15) is 0 Å². The summed E-state index contributed by atoms with van der Waals surface area (Å²) in [5.41, 5.74) is -2.14. The Balaban J connectivity index is 2.78. The van der Waals surface area contributed by atoms with Gasteiger partial charge in [0.05, 0.1) is 0 Å². The summed E-state index contributed by atoms with van der Waals surface area (Å²) in [4.78, 5) is 50.2. The fraction of sp³-hybridized carbons (Fsp3) is 0.250. The van der Waals surface area contributed by atoms with Crippen molar-refractivity contribution in [3.63, 3.8) is 0 Å². The molecule has 0 saturated carbocycles. The van der Waals surface area contributed by atoms with Gasteiger partial charge in [0.1, 0.15) is 11.3 Å². The maximum Gasteiger partial charge on any atom is 0.326 e. The van der Waals surface area contributed by atoms with Crippen molar-refractivity contribution in [3.05, 3.63) is 32.1 Å². The number of aromatic amines is 2. The molecule has 1 aromatic heterocycles. The number of hydrogen-bond donors (Lipinski definition) is 2. The number of H-pyrrole nitrogens is 2. The van der Waals surface area contributed by atoms with Crippen molar-refractivity contribution in [1.82, 2.24) is 14.9 Å². The van der Waals surface area contributed by atoms with Crippen LogP contribution in [0.1, 0.15) is 27.8 Å². The number of hydrogen-bond acceptors (Lipinski definition) is 4. The zero-order chi connectivity index (χ0) is 11.2. The minimum atomic E-state index is -0.831. The smallest absolute Gasteiger partial charge is 0.302 e. The highest BCUT2D eigenvalue weighted by Gasteiger charge is 2.37. The quantitative estimate of drug-likeness (QED) is 0.560. The highest BCUT2D eigenvalue weighted by molar-refractivity contribution is 6.20. The van der Waals surface area contributed by atoms with Crippen molar-refractivity contribution in [2.45, 2.75) is 6.92 Å². The average molecular weight is 209 g/mol. The molecule has 0 fully saturated rings. The van der Waals surface area contributed by atoms with Crippen molar-refractivity contribution < 1.29 is 9.59 Å². The van der Waals surface area contributed by atoms with E-state index in [0.29, 0.717) is 0 Å². The standard InChI is InChI=1S/C8H7N3O4/c1-2-11-6(13)3-4(7(11)14)9-8(15)10-5(3)12/h2H2,1H3,(H2,9,10,12,15). The van der Waals surface area contributed by atoms with Gasteiger partial charge in [-0.3, -0.25) is 24.3 Å². The zero-order valence-electron chi connectivity index (χ0n) is 7.79. The third-order valence-electron chi connectivity index (χ3n) is 2.18. The number of carbonyl (C=O) groups excluding carboxylic acids is 2. The van der Waals surface area contributed by atoms with E-state index in [4.69, 9.17) is 0 Å². The molecule has 78 valence electrons. The molecule has 0 radical (unpaired) electrons. The minimum absolute atomic E-state index is 0.161. The summed E-state index contributed by atoms with van der Waals surface area (Å²) in [5.74, 6) is -1.31. The van der Waals surface area contributed by atoms with E-state index in [-0.39, 0.29) is 17.8 Å². The normalized spacial score (nSPS) is 14.6. The second-order valence-corrected chi connectivity index (χ2v) is 3.01. The molecule has 0 bridgehead atoms. The summed E-state index contributed by atoms with van der Waals surface area (Å²) in [5, 5.41) is 0. The van der Waals surface area contributed by atoms with Gasteiger partial charge in [0.2, 0.25) is 0 Å². The van der Waals surface area contributed by atoms with Gasteiger partial charge >= 0.3 is 5.69 Å². The van der Waals surface area contributed by atoms with E-state index in [2.05, 4.69) is 4.98 Å². The Morgan fingerprint density at radius 1 is 1.07 bits per heavy atom. The summed E-state index contributed by atoms with van der Waals surface area (Å²) in [6.07, 6.45) is 0. The van der Waals surface area contributed by atoms with E-state index in [9.17, 15) is 19.2 Å². The summed E-state index contributed by atoms with van der Waals surface area (Å²) < 4.78 is 0. The largest absolute Gasteiger partial charge is 0.326 e. The van der Waals surface area contributed by atoms with Crippen LogP contribution in [0, 0.1) is 0 Å². The Kier molecular flexibility index (Phi) is 1.82. The molecule has 0 unspecified atom stereocenters. The van der Waals surface area contributed by atoms with E-state index in [1.807, 2.05) is 4.98 Å². The summed E-state index contributed by atoms with van der Waals surface area (Å²) >= 11 is 0. The van der Waals surface area contributed by atoms with Gasteiger partial charge in [-0.05, 0) is 6.92 Å². The minimum Gasteiger partial charge on any atom is -0.302 e. The molecule has 0 spiro atoms. The predicted molar refractivity (Wildman–Crippen MR) is 48.7 cm³/mol. The lowest BCUT2D eigenvalue weighted by molar-refractivity contribution is 0.0660. The number of imide groups is 1. The molecule has 2 rings (SSSR count). The van der Waals surface area contributed by atoms with Crippen molar-refractivity contribution >= 4 is 11.8 Å². The Hall–Kier alpha value is -2.18. The van der Waals surface area contributed by atoms with Gasteiger partial charge in [-0.1, -0.05) is 0 Å². The van der Waals surface area contributed by atoms with Crippen molar-refractivity contribution in [3.8, 4) is 0 Å². The lowest BCUT2D eigenvalue weighted by Crippen LogP contribution is -2.30. The number of aromatic nitrogens is 2. The van der Waals surface area contributed by atoms with Gasteiger partial charge in [-0.15, -0.1) is 0 Å². The van der Waals surface area contributed by atoms with Gasteiger partial charge in [0.25, 0.3) is 17.4 Å². The second kappa shape index (κ2) is 2.91. The maximum absolute atomic E-state index is 11.5. The summed E-state index contributed by atoms with van der Waals surface area (Å²) in [7, 11) is 0. The summed E-state index contributed by atoms with van der Waals surface area (Å²) in [6.45, 7) is 1.77. The number of rotatable bonds is 1. The zero-order valence-corrected chi connectivity index (χ0v) is 7.79. The Bertz CT molecular complexity index is 568. The molecule has 0 atom stereocenters. The molecule has 0 aromatic carbocycles. The van der Waals surface area contributed by atoms with Crippen LogP contribution >= 0.6 is 0 Å². The van der Waals surface area contributed by atoms with Gasteiger partial charge in [0, 0.05) is 6.54 Å². The molecule has 0 aliphatic carbocycles. The van der Waals surface area contributed by atoms with Crippen molar-refractivity contribution in [2.24, 2.45) is 0 Å². The lowest BCUT2D eigenvalue weighted by atomic mass is 10.2. The Morgan fingerprint density at radius 2 is 1.73 bits per heavy atom. The van der Waals surface area contributed by atoms with Crippen LogP contribution < -0.4 is 11.2 Å². The van der Waals surface area contributed by atoms with E-state index in [0.717, 1.165) is 4.90 Å². The number of nitrogens with one attached hydrogen (secondary N) is 2. The van der Waals surface area contributed by atoms with Crippen LogP contribution in [0.15, 0.2) is 9.59 Å². The highest BCUT2D eigenvalue weighted by atomic mass is 16.2. The number of amides is 2. The van der Waals surface area contributed by atoms with Crippen molar-refractivity contribution in [1.29, 1.82) is 0 Å². The number of fused-ring (bicyclic) bond motifs is 1. The molecule has 7 nitrogen and oxygen atoms in total. The molecule has 2 N–H and O–H groups in total. The van der Waals surface area contributed by atoms with Crippen LogP contribution in [0.3, 0.4) is 0 Å². The molecule has 1 aromatic rings. The molecule has 2 heterocycles. The lowest BCUT2D eigenvalue weighted by Gasteiger charge is -2.08. The molecule has 2 amide bonds. The van der Waals surface area contributed by atoms with Crippen LogP contribution in [-0.4, -0.2) is 33.2 Å². The molecule has 15 heavy (non-hydrogen) atoms. The first kappa shape index (κ1) is 9.38. The first-order valence-electron chi connectivity index (χ1n) is 4.29. The van der Waals surface area contributed by atoms with Crippen LogP contribution in [0.25, 0.3) is 0 Å². The first-order valence-corrected chi connectivity index (χ1v) is 4.29. The average Bonchev–Trinajstić information content (AvgIpc) is 2.39. The number of nitrogens with zero attached hydrogens (tertiary/aromatic N) is 1. The molecule has 0 saturated heterocycles. The van der Waals surface area contributed by atoms with Crippen LogP contribution in [0.4, 0.5) is 0 Å². The van der Waals surface area contributed by atoms with Crippen molar-refractivity contribution in [2.75, 3.05) is 6.54 Å². The Morgan fingerprint density at radius 3 is 2.33 bits per heavy atom. The van der Waals surface area contributed by atoms with Crippen LogP contribution in [0.5, 0.6) is 0 Å². The predicted octanol–water partition coefficient (Wildman–Crippen LogP) is -1.32. The van der Waals surface area contributed by atoms with Gasteiger partial charge in [0.15, 0.2) is 0 Å². The molecule has 1 aliphatic heterocycles. The third kappa shape index (κ3) is 1.13. The monoisotopic (exact) mass is 209 g/mol. The van der Waals surface area contributed by atoms with E-state index >= 15 is 0 Å². The maximum atomic E-state index is 11.5. The molecule has 7 heteroatoms. The molecular weight excluding hydrogens is 202 g/mol. The Labute approximate surface area is 82.7 Å². The third-order valence-corrected chi connectivity index (χ3v) is 2.18. The van der Waals surface area contributed by atoms with E-state index < -0.39 is 23.1 Å². The second-order valence-electron chi connectivity index (χ2n) is 3.01. The highest BCUT2D eigenvalue weighted by Crippen LogP contribution is 2.15. The molecule has 1 aliphatic rings. The number of carbonyl (C=O) groups is 2. The SMILES string of the molecule is CCN1C(=O)c2[nH]c(=O)[nH]c(=O)c2C1=O. The fourth-order valence-electron chi connectivity index (χ4n) is 1.50. The topological polar surface area (TPSA) is 103 Å². The van der Waals surface area contributed by atoms with Crippen LogP contribution in [0.2, 0.25) is 0 Å². The van der Waals surface area contributed by atoms with Crippen LogP contribution in [-0.2, 0) is 0 Å². The molecular formula is C8H7N3O4. The van der Waals surface area contributed by atoms with E-state index in [1.165, 1.54) is 0 Å². The van der Waals surface area contributed by atoms with E-state index in [1.54, 1.807) is 6.92 Å². The summed E-state index contributed by atoms with van der Waals surface area (Å²) in [6, 6.07) is 0. The first-order chi connectivity index (χ1) is 7.06. The van der Waals surface area contributed by atoms with Gasteiger partial charge < -0.3 is 4.98 Å². The fourth-order valence-corrected chi connectivity index (χ4v) is 1.50.